The highest BCUT2D eigenvalue weighted by Crippen LogP contribution is 2.45. The SMILES string of the molecule is O=C(c1cn[nH]n1)N1C[C@H]2CN(C(=O)c3ccncc3)[C@@H](c3cccc(F)c3)[C@H]2C1. The Labute approximate surface area is 171 Å². The number of carbonyl (C=O) groups is 2. The van der Waals surface area contributed by atoms with Gasteiger partial charge in [0.15, 0.2) is 5.69 Å². The van der Waals surface area contributed by atoms with Crippen molar-refractivity contribution in [3.8, 4) is 0 Å². The third-order valence-corrected chi connectivity index (χ3v) is 5.96. The van der Waals surface area contributed by atoms with Crippen LogP contribution < -0.4 is 0 Å². The quantitative estimate of drug-likeness (QED) is 0.717. The molecule has 0 aliphatic carbocycles. The predicted molar refractivity (Wildman–Crippen MR) is 104 cm³/mol. The first-order valence-corrected chi connectivity index (χ1v) is 9.73. The van der Waals surface area contributed by atoms with E-state index < -0.39 is 0 Å². The van der Waals surface area contributed by atoms with E-state index in [0.717, 1.165) is 5.56 Å². The molecule has 3 atom stereocenters. The van der Waals surface area contributed by atoms with Crippen LogP contribution in [-0.2, 0) is 0 Å². The molecule has 9 heteroatoms. The fraction of sp³-hybridized carbons (Fsp3) is 0.286. The summed E-state index contributed by atoms with van der Waals surface area (Å²) in [4.78, 5) is 33.5. The number of benzene rings is 1. The minimum absolute atomic E-state index is 0.00781. The van der Waals surface area contributed by atoms with E-state index in [0.29, 0.717) is 25.2 Å². The van der Waals surface area contributed by atoms with Gasteiger partial charge in [0.25, 0.3) is 11.8 Å². The van der Waals surface area contributed by atoms with Crippen molar-refractivity contribution in [1.29, 1.82) is 0 Å². The fourth-order valence-corrected chi connectivity index (χ4v) is 4.66. The molecule has 2 amide bonds. The van der Waals surface area contributed by atoms with Crippen LogP contribution in [0.25, 0.3) is 0 Å². The zero-order valence-corrected chi connectivity index (χ0v) is 16.0. The van der Waals surface area contributed by atoms with E-state index in [-0.39, 0.29) is 41.2 Å². The maximum atomic E-state index is 14.0. The first kappa shape index (κ1) is 18.4. The lowest BCUT2D eigenvalue weighted by atomic mass is 9.89. The van der Waals surface area contributed by atoms with Gasteiger partial charge in [0.1, 0.15) is 5.82 Å². The number of likely N-dealkylation sites (tertiary alicyclic amines) is 2. The van der Waals surface area contributed by atoms with Crippen molar-refractivity contribution >= 4 is 11.8 Å². The van der Waals surface area contributed by atoms with Gasteiger partial charge in [-0.25, -0.2) is 4.39 Å². The van der Waals surface area contributed by atoms with Gasteiger partial charge in [-0.15, -0.1) is 0 Å². The summed E-state index contributed by atoms with van der Waals surface area (Å²) in [5.41, 5.74) is 1.55. The number of nitrogens with zero attached hydrogens (tertiary/aromatic N) is 5. The summed E-state index contributed by atoms with van der Waals surface area (Å²) in [6.45, 7) is 1.48. The lowest BCUT2D eigenvalue weighted by Gasteiger charge is -2.30. The molecule has 0 radical (unpaired) electrons. The molecule has 1 aromatic carbocycles. The minimum atomic E-state index is -0.346. The van der Waals surface area contributed by atoms with Crippen LogP contribution in [0.4, 0.5) is 4.39 Å². The van der Waals surface area contributed by atoms with Gasteiger partial charge >= 0.3 is 0 Å². The number of amides is 2. The Morgan fingerprint density at radius 1 is 1.07 bits per heavy atom. The highest BCUT2D eigenvalue weighted by molar-refractivity contribution is 5.95. The van der Waals surface area contributed by atoms with Crippen molar-refractivity contribution in [2.24, 2.45) is 11.8 Å². The third kappa shape index (κ3) is 3.12. The monoisotopic (exact) mass is 406 g/mol. The zero-order valence-electron chi connectivity index (χ0n) is 16.0. The lowest BCUT2D eigenvalue weighted by Crippen LogP contribution is -2.37. The van der Waals surface area contributed by atoms with E-state index in [1.54, 1.807) is 40.4 Å². The molecule has 4 heterocycles. The molecule has 8 nitrogen and oxygen atoms in total. The average molecular weight is 406 g/mol. The topological polar surface area (TPSA) is 95.1 Å². The maximum Gasteiger partial charge on any atom is 0.276 e. The Bertz CT molecular complexity index is 1070. The number of aromatic nitrogens is 4. The molecule has 0 unspecified atom stereocenters. The Hall–Kier alpha value is -3.62. The maximum absolute atomic E-state index is 14.0. The summed E-state index contributed by atoms with van der Waals surface area (Å²) in [6, 6.07) is 9.40. The third-order valence-electron chi connectivity index (χ3n) is 5.96. The van der Waals surface area contributed by atoms with Gasteiger partial charge < -0.3 is 9.80 Å². The normalized spacial score (nSPS) is 22.9. The van der Waals surface area contributed by atoms with Crippen LogP contribution in [0.1, 0.15) is 32.5 Å². The zero-order chi connectivity index (χ0) is 20.7. The molecule has 5 rings (SSSR count). The number of halogens is 1. The molecule has 2 aliphatic heterocycles. The van der Waals surface area contributed by atoms with Crippen LogP contribution in [0.15, 0.2) is 55.0 Å². The van der Waals surface area contributed by atoms with Crippen molar-refractivity contribution in [3.63, 3.8) is 0 Å². The average Bonchev–Trinajstić information content (AvgIpc) is 3.49. The standard InChI is InChI=1S/C21H19FN6O2/c22-16-3-1-2-14(8-16)19-17-12-27(21(30)18-9-24-26-25-18)10-15(17)11-28(19)20(29)13-4-6-23-7-5-13/h1-9,15,17,19H,10-12H2,(H,24,25,26)/t15-,17-,19-/m0/s1. The van der Waals surface area contributed by atoms with E-state index in [4.69, 9.17) is 0 Å². The van der Waals surface area contributed by atoms with Crippen LogP contribution >= 0.6 is 0 Å². The van der Waals surface area contributed by atoms with E-state index in [9.17, 15) is 14.0 Å². The first-order chi connectivity index (χ1) is 14.6. The summed E-state index contributed by atoms with van der Waals surface area (Å²) in [5.74, 6) is -0.548. The van der Waals surface area contributed by atoms with Crippen LogP contribution in [-0.4, -0.2) is 61.6 Å². The van der Waals surface area contributed by atoms with Crippen LogP contribution in [0.5, 0.6) is 0 Å². The smallest absolute Gasteiger partial charge is 0.276 e. The molecule has 2 aromatic heterocycles. The van der Waals surface area contributed by atoms with Gasteiger partial charge in [0.2, 0.25) is 0 Å². The number of nitrogens with one attached hydrogen (secondary N) is 1. The van der Waals surface area contributed by atoms with E-state index >= 15 is 0 Å². The van der Waals surface area contributed by atoms with E-state index in [2.05, 4.69) is 20.4 Å². The number of fused-ring (bicyclic) bond motifs is 1. The van der Waals surface area contributed by atoms with Gasteiger partial charge in [-0.05, 0) is 29.8 Å². The number of pyridine rings is 1. The first-order valence-electron chi connectivity index (χ1n) is 9.73. The van der Waals surface area contributed by atoms with Crippen LogP contribution in [0.2, 0.25) is 0 Å². The summed E-state index contributed by atoms with van der Waals surface area (Å²) in [5, 5.41) is 10.0. The van der Waals surface area contributed by atoms with Crippen LogP contribution in [0, 0.1) is 17.7 Å². The van der Waals surface area contributed by atoms with Crippen molar-refractivity contribution in [3.05, 3.63) is 77.6 Å². The van der Waals surface area contributed by atoms with Gasteiger partial charge in [0, 0.05) is 49.4 Å². The predicted octanol–water partition coefficient (Wildman–Crippen LogP) is 1.92. The summed E-state index contributed by atoms with van der Waals surface area (Å²) in [7, 11) is 0. The second-order valence-corrected chi connectivity index (χ2v) is 7.68. The number of H-pyrrole nitrogens is 1. The Balaban J connectivity index is 1.46. The summed E-state index contributed by atoms with van der Waals surface area (Å²) in [6.07, 6.45) is 4.57. The highest BCUT2D eigenvalue weighted by Gasteiger charge is 2.50. The minimum Gasteiger partial charge on any atom is -0.336 e. The van der Waals surface area contributed by atoms with Gasteiger partial charge in [0.05, 0.1) is 12.2 Å². The van der Waals surface area contributed by atoms with E-state index in [1.165, 1.54) is 18.3 Å². The molecule has 0 bridgehead atoms. The van der Waals surface area contributed by atoms with Crippen molar-refractivity contribution in [2.45, 2.75) is 6.04 Å². The number of aromatic amines is 1. The number of rotatable bonds is 3. The number of hydrogen-bond acceptors (Lipinski definition) is 5. The van der Waals surface area contributed by atoms with Crippen LogP contribution in [0.3, 0.4) is 0 Å². The molecule has 152 valence electrons. The molecular formula is C21H19FN6O2. The lowest BCUT2D eigenvalue weighted by molar-refractivity contribution is 0.0674. The Morgan fingerprint density at radius 3 is 2.63 bits per heavy atom. The summed E-state index contributed by atoms with van der Waals surface area (Å²) >= 11 is 0. The van der Waals surface area contributed by atoms with Crippen molar-refractivity contribution in [1.82, 2.24) is 30.2 Å². The highest BCUT2D eigenvalue weighted by atomic mass is 19.1. The van der Waals surface area contributed by atoms with Crippen molar-refractivity contribution < 1.29 is 14.0 Å². The molecule has 0 spiro atoms. The second kappa shape index (κ2) is 7.33. The van der Waals surface area contributed by atoms with Crippen molar-refractivity contribution in [2.75, 3.05) is 19.6 Å². The van der Waals surface area contributed by atoms with E-state index in [1.807, 2.05) is 6.07 Å². The second-order valence-electron chi connectivity index (χ2n) is 7.68. The molecule has 0 saturated carbocycles. The molecule has 2 aliphatic rings. The molecule has 1 N–H and O–H groups in total. The largest absolute Gasteiger partial charge is 0.336 e. The molecule has 2 fully saturated rings. The van der Waals surface area contributed by atoms with Gasteiger partial charge in [-0.3, -0.25) is 14.6 Å². The molecule has 3 aromatic rings. The molecular weight excluding hydrogens is 387 g/mol. The number of hydrogen-bond donors (Lipinski definition) is 1. The molecule has 30 heavy (non-hydrogen) atoms. The molecule has 2 saturated heterocycles. The van der Waals surface area contributed by atoms with Gasteiger partial charge in [-0.1, -0.05) is 12.1 Å². The Morgan fingerprint density at radius 2 is 1.90 bits per heavy atom. The summed E-state index contributed by atoms with van der Waals surface area (Å²) < 4.78 is 14.0. The Kier molecular flexibility index (Phi) is 4.50. The number of carbonyl (C=O) groups excluding carboxylic acids is 2. The fourth-order valence-electron chi connectivity index (χ4n) is 4.66. The van der Waals surface area contributed by atoms with Gasteiger partial charge in [-0.2, -0.15) is 15.4 Å².